The van der Waals surface area contributed by atoms with Gasteiger partial charge in [-0.1, -0.05) is 60.7 Å². The van der Waals surface area contributed by atoms with Gasteiger partial charge in [-0.2, -0.15) is 0 Å². The van der Waals surface area contributed by atoms with Gasteiger partial charge in [-0.3, -0.25) is 4.90 Å². The molecule has 3 rings (SSSR count). The van der Waals surface area contributed by atoms with Gasteiger partial charge in [0.25, 0.3) is 0 Å². The Morgan fingerprint density at radius 1 is 0.778 bits per heavy atom. The largest absolute Gasteiger partial charge is 0.304 e. The van der Waals surface area contributed by atoms with E-state index in [-0.39, 0.29) is 0 Å². The Morgan fingerprint density at radius 2 is 1.26 bits per heavy atom. The van der Waals surface area contributed by atoms with Gasteiger partial charge in [0.15, 0.2) is 0 Å². The molecule has 0 spiro atoms. The van der Waals surface area contributed by atoms with E-state index in [0.29, 0.717) is 12.1 Å². The molecule has 2 heteroatoms. The van der Waals surface area contributed by atoms with Crippen molar-refractivity contribution in [2.24, 2.45) is 5.92 Å². The van der Waals surface area contributed by atoms with Crippen LogP contribution in [0.3, 0.4) is 0 Å². The van der Waals surface area contributed by atoms with Gasteiger partial charge in [0.2, 0.25) is 0 Å². The van der Waals surface area contributed by atoms with Crippen molar-refractivity contribution in [2.75, 3.05) is 13.6 Å². The van der Waals surface area contributed by atoms with Gasteiger partial charge in [0.1, 0.15) is 0 Å². The molecule has 0 bridgehead atoms. The second kappa shape index (κ2) is 10.1. The zero-order chi connectivity index (χ0) is 19.1. The topological polar surface area (TPSA) is 6.48 Å². The molecule has 2 nitrogen and oxygen atoms in total. The molecule has 2 aromatic rings. The lowest BCUT2D eigenvalue weighted by Gasteiger charge is -2.38. The molecule has 0 saturated heterocycles. The van der Waals surface area contributed by atoms with E-state index in [0.717, 1.165) is 19.0 Å². The normalized spacial score (nSPS) is 20.5. The summed E-state index contributed by atoms with van der Waals surface area (Å²) >= 11 is 0. The lowest BCUT2D eigenvalue weighted by Crippen LogP contribution is -2.40. The first-order valence-electron chi connectivity index (χ1n) is 10.6. The van der Waals surface area contributed by atoms with Gasteiger partial charge < -0.3 is 4.90 Å². The molecule has 0 amide bonds. The minimum atomic E-state index is 0.649. The van der Waals surface area contributed by atoms with E-state index >= 15 is 0 Å². The summed E-state index contributed by atoms with van der Waals surface area (Å²) in [6, 6.07) is 23.3. The zero-order valence-corrected chi connectivity index (χ0v) is 17.3. The van der Waals surface area contributed by atoms with Crippen molar-refractivity contribution < 1.29 is 0 Å². The number of nitrogens with zero attached hydrogens (tertiary/aromatic N) is 2. The number of hydrogen-bond donors (Lipinski definition) is 0. The molecule has 1 aliphatic rings. The van der Waals surface area contributed by atoms with E-state index in [2.05, 4.69) is 91.4 Å². The van der Waals surface area contributed by atoms with E-state index in [9.17, 15) is 0 Å². The molecular weight excluding hydrogens is 328 g/mol. The molecule has 1 fully saturated rings. The number of benzene rings is 2. The van der Waals surface area contributed by atoms with Crippen LogP contribution in [0.5, 0.6) is 0 Å². The second-order valence-electron chi connectivity index (χ2n) is 8.58. The summed E-state index contributed by atoms with van der Waals surface area (Å²) in [5.41, 5.74) is 2.85. The van der Waals surface area contributed by atoms with E-state index in [4.69, 9.17) is 0 Å². The molecule has 2 aromatic carbocycles. The molecule has 27 heavy (non-hydrogen) atoms. The van der Waals surface area contributed by atoms with E-state index in [1.165, 1.54) is 43.4 Å². The summed E-state index contributed by atoms with van der Waals surface area (Å²) in [5.74, 6) is 0.865. The van der Waals surface area contributed by atoms with Crippen LogP contribution < -0.4 is 0 Å². The van der Waals surface area contributed by atoms with Crippen molar-refractivity contribution in [3.8, 4) is 0 Å². The van der Waals surface area contributed by atoms with Crippen LogP contribution in [-0.4, -0.2) is 35.5 Å². The average molecular weight is 365 g/mol. The van der Waals surface area contributed by atoms with Gasteiger partial charge in [-0.05, 0) is 63.6 Å². The van der Waals surface area contributed by atoms with E-state index in [1.54, 1.807) is 0 Å². The third kappa shape index (κ3) is 6.19. The molecule has 0 heterocycles. The van der Waals surface area contributed by atoms with Crippen LogP contribution in [0.2, 0.25) is 0 Å². The first-order valence-corrected chi connectivity index (χ1v) is 10.6. The molecule has 0 atom stereocenters. The second-order valence-corrected chi connectivity index (χ2v) is 8.58. The highest BCUT2D eigenvalue weighted by atomic mass is 15.2. The summed E-state index contributed by atoms with van der Waals surface area (Å²) in [4.78, 5) is 5.23. The minimum absolute atomic E-state index is 0.649. The predicted molar refractivity (Wildman–Crippen MR) is 116 cm³/mol. The maximum atomic E-state index is 2.72. The standard InChI is InChI=1S/C25H36N2/c1-21(2)26(3)18-24-14-16-25(17-15-24)27(19-22-10-6-4-7-11-22)20-23-12-8-5-9-13-23/h4-13,21,24-25H,14-20H2,1-3H3/t24-,25-. The summed E-state index contributed by atoms with van der Waals surface area (Å²) in [5, 5.41) is 0. The van der Waals surface area contributed by atoms with Crippen LogP contribution in [-0.2, 0) is 13.1 Å². The maximum absolute atomic E-state index is 2.72. The van der Waals surface area contributed by atoms with Crippen molar-refractivity contribution in [3.63, 3.8) is 0 Å². The smallest absolute Gasteiger partial charge is 0.0240 e. The minimum Gasteiger partial charge on any atom is -0.304 e. The van der Waals surface area contributed by atoms with Crippen LogP contribution in [0.25, 0.3) is 0 Å². The predicted octanol–water partition coefficient (Wildman–Crippen LogP) is 5.59. The lowest BCUT2D eigenvalue weighted by molar-refractivity contribution is 0.106. The molecule has 0 aliphatic heterocycles. The quantitative estimate of drug-likeness (QED) is 0.602. The Kier molecular flexibility index (Phi) is 7.49. The first-order chi connectivity index (χ1) is 13.1. The lowest BCUT2D eigenvalue weighted by atomic mass is 9.84. The first kappa shape index (κ1) is 20.1. The highest BCUT2D eigenvalue weighted by Crippen LogP contribution is 2.30. The van der Waals surface area contributed by atoms with Gasteiger partial charge in [-0.25, -0.2) is 0 Å². The summed E-state index contributed by atoms with van der Waals surface area (Å²) in [6.45, 7) is 7.95. The summed E-state index contributed by atoms with van der Waals surface area (Å²) in [6.07, 6.45) is 5.39. The van der Waals surface area contributed by atoms with Gasteiger partial charge in [-0.15, -0.1) is 0 Å². The molecule has 1 saturated carbocycles. The van der Waals surface area contributed by atoms with Crippen molar-refractivity contribution in [3.05, 3.63) is 71.8 Å². The fraction of sp³-hybridized carbons (Fsp3) is 0.520. The van der Waals surface area contributed by atoms with Crippen LogP contribution in [0.15, 0.2) is 60.7 Å². The summed E-state index contributed by atoms with van der Waals surface area (Å²) < 4.78 is 0. The molecule has 0 N–H and O–H groups in total. The van der Waals surface area contributed by atoms with Crippen molar-refractivity contribution in [2.45, 2.75) is 64.7 Å². The average Bonchev–Trinajstić information content (AvgIpc) is 2.69. The van der Waals surface area contributed by atoms with Crippen LogP contribution in [0, 0.1) is 5.92 Å². The third-order valence-electron chi connectivity index (χ3n) is 6.22. The van der Waals surface area contributed by atoms with Crippen LogP contribution in [0.1, 0.15) is 50.7 Å². The molecule has 0 unspecified atom stereocenters. The Morgan fingerprint density at radius 3 is 1.70 bits per heavy atom. The molecule has 146 valence electrons. The molecular formula is C25H36N2. The van der Waals surface area contributed by atoms with E-state index < -0.39 is 0 Å². The maximum Gasteiger partial charge on any atom is 0.0240 e. The van der Waals surface area contributed by atoms with Crippen molar-refractivity contribution in [1.82, 2.24) is 9.80 Å². The molecule has 0 aromatic heterocycles. The Balaban J connectivity index is 1.62. The highest BCUT2D eigenvalue weighted by Gasteiger charge is 2.27. The Hall–Kier alpha value is -1.64. The monoisotopic (exact) mass is 364 g/mol. The van der Waals surface area contributed by atoms with Gasteiger partial charge in [0.05, 0.1) is 0 Å². The third-order valence-corrected chi connectivity index (χ3v) is 6.22. The highest BCUT2D eigenvalue weighted by molar-refractivity contribution is 5.17. The van der Waals surface area contributed by atoms with Gasteiger partial charge in [0, 0.05) is 31.7 Å². The fourth-order valence-corrected chi connectivity index (χ4v) is 4.26. The van der Waals surface area contributed by atoms with Crippen molar-refractivity contribution in [1.29, 1.82) is 0 Å². The van der Waals surface area contributed by atoms with Crippen LogP contribution >= 0.6 is 0 Å². The fourth-order valence-electron chi connectivity index (χ4n) is 4.26. The Labute approximate surface area is 166 Å². The number of hydrogen-bond acceptors (Lipinski definition) is 2. The number of rotatable bonds is 8. The van der Waals surface area contributed by atoms with Gasteiger partial charge >= 0.3 is 0 Å². The SMILES string of the molecule is CC(C)N(C)C[C@H]1CC[C@H](N(Cc2ccccc2)Cc2ccccc2)CC1. The zero-order valence-electron chi connectivity index (χ0n) is 17.3. The Bertz CT molecular complexity index is 603. The molecule has 1 aliphatic carbocycles. The van der Waals surface area contributed by atoms with E-state index in [1.807, 2.05) is 0 Å². The van der Waals surface area contributed by atoms with Crippen LogP contribution in [0.4, 0.5) is 0 Å². The summed E-state index contributed by atoms with van der Waals surface area (Å²) in [7, 11) is 2.27. The molecule has 0 radical (unpaired) electrons. The van der Waals surface area contributed by atoms with Crippen molar-refractivity contribution >= 4 is 0 Å².